The fourth-order valence-corrected chi connectivity index (χ4v) is 3.83. The summed E-state index contributed by atoms with van der Waals surface area (Å²) < 4.78 is 19.1. The SMILES string of the molecule is Cc1ccc(C(O)CN2CCc3onc(-c4cccc(F)c4)c3C2)c(C)c1. The second-order valence-electron chi connectivity index (χ2n) is 7.30. The van der Waals surface area contributed by atoms with E-state index in [1.54, 1.807) is 6.07 Å². The molecule has 1 unspecified atom stereocenters. The first-order chi connectivity index (χ1) is 13.0. The van der Waals surface area contributed by atoms with Gasteiger partial charge in [-0.2, -0.15) is 0 Å². The topological polar surface area (TPSA) is 49.5 Å². The molecule has 0 saturated carbocycles. The molecule has 2 aromatic carbocycles. The third kappa shape index (κ3) is 3.66. The molecule has 4 rings (SSSR count). The monoisotopic (exact) mass is 366 g/mol. The minimum atomic E-state index is -0.551. The standard InChI is InChI=1S/C22H23FN2O2/c1-14-6-7-18(15(2)10-14)20(26)13-25-9-8-21-19(12-25)22(24-27-21)16-4-3-5-17(23)11-16/h3-7,10-11,20,26H,8-9,12-13H2,1-2H3. The zero-order valence-corrected chi connectivity index (χ0v) is 15.6. The first-order valence-electron chi connectivity index (χ1n) is 9.22. The first-order valence-corrected chi connectivity index (χ1v) is 9.22. The number of aliphatic hydroxyl groups is 1. The van der Waals surface area contributed by atoms with Crippen LogP contribution >= 0.6 is 0 Å². The first kappa shape index (κ1) is 17.9. The molecule has 1 aliphatic rings. The predicted molar refractivity (Wildman–Crippen MR) is 102 cm³/mol. The second-order valence-corrected chi connectivity index (χ2v) is 7.30. The van der Waals surface area contributed by atoms with Crippen LogP contribution in [0.15, 0.2) is 47.0 Å². The lowest BCUT2D eigenvalue weighted by molar-refractivity contribution is 0.103. The third-order valence-electron chi connectivity index (χ3n) is 5.22. The minimum absolute atomic E-state index is 0.290. The van der Waals surface area contributed by atoms with Gasteiger partial charge in [-0.25, -0.2) is 4.39 Å². The van der Waals surface area contributed by atoms with Gasteiger partial charge in [0.05, 0.1) is 6.10 Å². The Bertz CT molecular complexity index is 967. The van der Waals surface area contributed by atoms with Crippen molar-refractivity contribution in [3.63, 3.8) is 0 Å². The molecule has 1 atom stereocenters. The summed E-state index contributed by atoms with van der Waals surface area (Å²) in [5.74, 6) is 0.564. The number of hydrogen-bond acceptors (Lipinski definition) is 4. The van der Waals surface area contributed by atoms with E-state index in [-0.39, 0.29) is 5.82 Å². The molecular weight excluding hydrogens is 343 g/mol. The molecule has 1 aromatic heterocycles. The maximum atomic E-state index is 13.6. The summed E-state index contributed by atoms with van der Waals surface area (Å²) in [5.41, 5.74) is 5.65. The molecule has 27 heavy (non-hydrogen) atoms. The van der Waals surface area contributed by atoms with Crippen LogP contribution in [0, 0.1) is 19.7 Å². The van der Waals surface area contributed by atoms with Crippen LogP contribution in [-0.4, -0.2) is 28.3 Å². The van der Waals surface area contributed by atoms with Crippen LogP contribution in [0.1, 0.15) is 34.1 Å². The van der Waals surface area contributed by atoms with Gasteiger partial charge in [-0.05, 0) is 37.1 Å². The quantitative estimate of drug-likeness (QED) is 0.752. The Morgan fingerprint density at radius 1 is 1.22 bits per heavy atom. The highest BCUT2D eigenvalue weighted by molar-refractivity contribution is 5.63. The number of β-amino-alcohol motifs (C(OH)–C–C–N with tert-alkyl or cyclic N) is 1. The number of aromatic nitrogens is 1. The smallest absolute Gasteiger partial charge is 0.143 e. The van der Waals surface area contributed by atoms with E-state index in [0.29, 0.717) is 18.8 Å². The molecule has 140 valence electrons. The Balaban J connectivity index is 1.54. The van der Waals surface area contributed by atoms with Crippen molar-refractivity contribution >= 4 is 0 Å². The van der Waals surface area contributed by atoms with Gasteiger partial charge < -0.3 is 9.63 Å². The predicted octanol–water partition coefficient (Wildman–Crippen LogP) is 4.19. The van der Waals surface area contributed by atoms with Crippen LogP contribution < -0.4 is 0 Å². The molecule has 1 aliphatic heterocycles. The van der Waals surface area contributed by atoms with Gasteiger partial charge in [0, 0.05) is 37.2 Å². The molecule has 2 heterocycles. The summed E-state index contributed by atoms with van der Waals surface area (Å²) >= 11 is 0. The van der Waals surface area contributed by atoms with Gasteiger partial charge in [0.15, 0.2) is 0 Å². The number of fused-ring (bicyclic) bond motifs is 1. The van der Waals surface area contributed by atoms with Crippen molar-refractivity contribution < 1.29 is 14.0 Å². The van der Waals surface area contributed by atoms with Crippen molar-refractivity contribution in [3.05, 3.63) is 76.3 Å². The molecule has 0 aliphatic carbocycles. The van der Waals surface area contributed by atoms with E-state index in [4.69, 9.17) is 4.52 Å². The van der Waals surface area contributed by atoms with Crippen LogP contribution in [0.5, 0.6) is 0 Å². The average molecular weight is 366 g/mol. The van der Waals surface area contributed by atoms with Gasteiger partial charge in [0.2, 0.25) is 0 Å². The van der Waals surface area contributed by atoms with Crippen LogP contribution in [0.2, 0.25) is 0 Å². The fraction of sp³-hybridized carbons (Fsp3) is 0.318. The van der Waals surface area contributed by atoms with E-state index < -0.39 is 6.10 Å². The van der Waals surface area contributed by atoms with E-state index in [1.807, 2.05) is 25.1 Å². The van der Waals surface area contributed by atoms with E-state index in [1.165, 1.54) is 17.7 Å². The fourth-order valence-electron chi connectivity index (χ4n) is 3.83. The van der Waals surface area contributed by atoms with Crippen molar-refractivity contribution in [2.75, 3.05) is 13.1 Å². The summed E-state index contributed by atoms with van der Waals surface area (Å²) in [6, 6.07) is 12.5. The number of rotatable bonds is 4. The lowest BCUT2D eigenvalue weighted by Gasteiger charge is -2.28. The largest absolute Gasteiger partial charge is 0.387 e. The number of hydrogen-bond donors (Lipinski definition) is 1. The van der Waals surface area contributed by atoms with E-state index in [2.05, 4.69) is 23.0 Å². The zero-order valence-electron chi connectivity index (χ0n) is 15.6. The van der Waals surface area contributed by atoms with Crippen LogP contribution in [-0.2, 0) is 13.0 Å². The number of benzene rings is 2. The van der Waals surface area contributed by atoms with Crippen LogP contribution in [0.4, 0.5) is 4.39 Å². The van der Waals surface area contributed by atoms with E-state index in [0.717, 1.165) is 41.0 Å². The summed E-state index contributed by atoms with van der Waals surface area (Å²) in [5, 5.41) is 14.9. The summed E-state index contributed by atoms with van der Waals surface area (Å²) in [6.45, 7) is 6.05. The average Bonchev–Trinajstić information content (AvgIpc) is 3.05. The van der Waals surface area contributed by atoms with Gasteiger partial charge in [0.25, 0.3) is 0 Å². The molecule has 3 aromatic rings. The maximum absolute atomic E-state index is 13.6. The van der Waals surface area contributed by atoms with Crippen LogP contribution in [0.25, 0.3) is 11.3 Å². The molecule has 0 fully saturated rings. The van der Waals surface area contributed by atoms with E-state index in [9.17, 15) is 9.50 Å². The number of aryl methyl sites for hydroxylation is 2. The number of halogens is 1. The van der Waals surface area contributed by atoms with E-state index >= 15 is 0 Å². The van der Waals surface area contributed by atoms with Crippen LogP contribution in [0.3, 0.4) is 0 Å². The summed E-state index contributed by atoms with van der Waals surface area (Å²) in [7, 11) is 0. The van der Waals surface area contributed by atoms with Gasteiger partial charge in [-0.3, -0.25) is 4.90 Å². The van der Waals surface area contributed by atoms with Crippen molar-refractivity contribution in [3.8, 4) is 11.3 Å². The summed E-state index contributed by atoms with van der Waals surface area (Å²) in [4.78, 5) is 2.20. The molecule has 0 amide bonds. The highest BCUT2D eigenvalue weighted by atomic mass is 19.1. The van der Waals surface area contributed by atoms with Gasteiger partial charge in [-0.15, -0.1) is 0 Å². The molecular formula is C22H23FN2O2. The molecule has 4 nitrogen and oxygen atoms in total. The Morgan fingerprint density at radius 2 is 2.07 bits per heavy atom. The number of nitrogens with zero attached hydrogens (tertiary/aromatic N) is 2. The Hall–Kier alpha value is -2.50. The third-order valence-corrected chi connectivity index (χ3v) is 5.22. The second kappa shape index (κ2) is 7.25. The van der Waals surface area contributed by atoms with Gasteiger partial charge >= 0.3 is 0 Å². The van der Waals surface area contributed by atoms with Crippen molar-refractivity contribution in [1.29, 1.82) is 0 Å². The molecule has 5 heteroatoms. The zero-order chi connectivity index (χ0) is 19.0. The Kier molecular flexibility index (Phi) is 4.81. The van der Waals surface area contributed by atoms with Crippen molar-refractivity contribution in [2.24, 2.45) is 0 Å². The summed E-state index contributed by atoms with van der Waals surface area (Å²) in [6.07, 6.45) is 0.182. The molecule has 0 bridgehead atoms. The van der Waals surface area contributed by atoms with Gasteiger partial charge in [0.1, 0.15) is 17.3 Å². The Morgan fingerprint density at radius 3 is 2.85 bits per heavy atom. The lowest BCUT2D eigenvalue weighted by atomic mass is 9.98. The molecule has 0 spiro atoms. The van der Waals surface area contributed by atoms with Gasteiger partial charge in [-0.1, -0.05) is 41.1 Å². The van der Waals surface area contributed by atoms with Crippen molar-refractivity contribution in [2.45, 2.75) is 32.9 Å². The number of aliphatic hydroxyl groups excluding tert-OH is 1. The highest BCUT2D eigenvalue weighted by Gasteiger charge is 2.26. The highest BCUT2D eigenvalue weighted by Crippen LogP contribution is 2.31. The minimum Gasteiger partial charge on any atom is -0.387 e. The molecule has 0 radical (unpaired) electrons. The molecule has 1 N–H and O–H groups in total. The van der Waals surface area contributed by atoms with Crippen molar-refractivity contribution in [1.82, 2.24) is 10.1 Å². The Labute approximate surface area is 158 Å². The normalized spacial score (nSPS) is 15.6. The molecule has 0 saturated heterocycles. The maximum Gasteiger partial charge on any atom is 0.143 e. The lowest BCUT2D eigenvalue weighted by Crippen LogP contribution is -2.33.